The Bertz CT molecular complexity index is 1120. The standard InChI is InChI=1S/C18H23N5O2S2/c1-18(2,3)9-5-6-10-11(7-9)27-15-13(10)14(25)22(4)16-20-21-17(23(15)16)26-8-12(19)24/h9H,5-8H2,1-4H3,(H2,19,24)/t9-/m0/s1. The molecule has 3 aromatic heterocycles. The molecule has 1 aliphatic carbocycles. The number of hydrogen-bond donors (Lipinski definition) is 1. The summed E-state index contributed by atoms with van der Waals surface area (Å²) in [5.74, 6) is 0.811. The van der Waals surface area contributed by atoms with E-state index < -0.39 is 5.91 Å². The van der Waals surface area contributed by atoms with Gasteiger partial charge in [0.15, 0.2) is 5.16 Å². The van der Waals surface area contributed by atoms with Gasteiger partial charge in [-0.2, -0.15) is 0 Å². The molecule has 0 spiro atoms. The smallest absolute Gasteiger partial charge is 0.263 e. The van der Waals surface area contributed by atoms with Crippen molar-refractivity contribution in [2.75, 3.05) is 5.75 Å². The molecule has 0 fully saturated rings. The molecule has 0 bridgehead atoms. The number of aryl methyl sites for hydroxylation is 2. The first-order valence-electron chi connectivity index (χ1n) is 8.98. The Kier molecular flexibility index (Phi) is 4.34. The second kappa shape index (κ2) is 6.34. The number of nitrogens with two attached hydrogens (primary N) is 1. The van der Waals surface area contributed by atoms with Crippen LogP contribution in [-0.4, -0.2) is 30.8 Å². The van der Waals surface area contributed by atoms with E-state index in [4.69, 9.17) is 5.73 Å². The van der Waals surface area contributed by atoms with E-state index in [0.717, 1.165) is 29.5 Å². The minimum absolute atomic E-state index is 0.0249. The van der Waals surface area contributed by atoms with Gasteiger partial charge in [-0.05, 0) is 36.2 Å². The fourth-order valence-electron chi connectivity index (χ4n) is 3.83. The van der Waals surface area contributed by atoms with E-state index in [9.17, 15) is 9.59 Å². The van der Waals surface area contributed by atoms with Crippen LogP contribution in [0.5, 0.6) is 0 Å². The third-order valence-corrected chi connectivity index (χ3v) is 7.64. The fraction of sp³-hybridized carbons (Fsp3) is 0.556. The molecule has 0 radical (unpaired) electrons. The van der Waals surface area contributed by atoms with Crippen LogP contribution < -0.4 is 11.3 Å². The van der Waals surface area contributed by atoms with Crippen LogP contribution in [0.15, 0.2) is 9.95 Å². The molecule has 1 atom stereocenters. The summed E-state index contributed by atoms with van der Waals surface area (Å²) in [5, 5.41) is 9.74. The SMILES string of the molecule is Cn1c(=O)c2c3c(sc2n2c(SCC(N)=O)nnc12)C[C@@H](C(C)(C)C)CC3. The lowest BCUT2D eigenvalue weighted by Gasteiger charge is -2.33. The van der Waals surface area contributed by atoms with Gasteiger partial charge in [0.05, 0.1) is 11.1 Å². The maximum absolute atomic E-state index is 13.0. The zero-order valence-electron chi connectivity index (χ0n) is 15.9. The summed E-state index contributed by atoms with van der Waals surface area (Å²) in [6, 6.07) is 0. The van der Waals surface area contributed by atoms with Crippen LogP contribution in [0.25, 0.3) is 16.0 Å². The maximum atomic E-state index is 13.0. The molecule has 7 nitrogen and oxygen atoms in total. The first kappa shape index (κ1) is 18.5. The third-order valence-electron chi connectivity index (χ3n) is 5.45. The Labute approximate surface area is 165 Å². The molecule has 0 aromatic carbocycles. The number of fused-ring (bicyclic) bond motifs is 5. The highest BCUT2D eigenvalue weighted by atomic mass is 32.2. The lowest BCUT2D eigenvalue weighted by molar-refractivity contribution is -0.115. The van der Waals surface area contributed by atoms with Crippen LogP contribution in [0.4, 0.5) is 0 Å². The molecule has 3 aromatic rings. The molecule has 9 heteroatoms. The minimum Gasteiger partial charge on any atom is -0.369 e. The van der Waals surface area contributed by atoms with Gasteiger partial charge in [-0.25, -0.2) is 4.40 Å². The number of carbonyl (C=O) groups is 1. The highest BCUT2D eigenvalue weighted by molar-refractivity contribution is 7.99. The van der Waals surface area contributed by atoms with E-state index in [1.165, 1.54) is 22.2 Å². The number of primary amides is 1. The van der Waals surface area contributed by atoms with Crippen molar-refractivity contribution in [2.45, 2.75) is 45.2 Å². The van der Waals surface area contributed by atoms with Gasteiger partial charge < -0.3 is 5.73 Å². The van der Waals surface area contributed by atoms with Crippen LogP contribution in [-0.2, 0) is 24.7 Å². The van der Waals surface area contributed by atoms with Crippen LogP contribution in [0.3, 0.4) is 0 Å². The van der Waals surface area contributed by atoms with Crippen LogP contribution in [0, 0.1) is 11.3 Å². The summed E-state index contributed by atoms with van der Waals surface area (Å²) in [5.41, 5.74) is 6.68. The zero-order chi connectivity index (χ0) is 19.5. The lowest BCUT2D eigenvalue weighted by atomic mass is 9.72. The number of hydrogen-bond acceptors (Lipinski definition) is 6. The molecule has 144 valence electrons. The number of rotatable bonds is 3. The number of thiophene rings is 1. The summed E-state index contributed by atoms with van der Waals surface area (Å²) in [6.07, 6.45) is 3.01. The van der Waals surface area contributed by atoms with E-state index in [-0.39, 0.29) is 16.7 Å². The molecule has 0 saturated heterocycles. The van der Waals surface area contributed by atoms with Crippen LogP contribution in [0.1, 0.15) is 37.6 Å². The number of nitrogens with zero attached hydrogens (tertiary/aromatic N) is 4. The first-order valence-corrected chi connectivity index (χ1v) is 10.8. The van der Waals surface area contributed by atoms with Crippen LogP contribution >= 0.6 is 23.1 Å². The molecule has 4 rings (SSSR count). The summed E-state index contributed by atoms with van der Waals surface area (Å²) in [6.45, 7) is 6.85. The van der Waals surface area contributed by atoms with Crippen LogP contribution in [0.2, 0.25) is 0 Å². The van der Waals surface area contributed by atoms with E-state index >= 15 is 0 Å². The summed E-state index contributed by atoms with van der Waals surface area (Å²) >= 11 is 2.92. The number of aromatic nitrogens is 4. The van der Waals surface area contributed by atoms with E-state index in [0.29, 0.717) is 16.9 Å². The summed E-state index contributed by atoms with van der Waals surface area (Å²) in [7, 11) is 1.72. The Balaban J connectivity index is 1.94. The highest BCUT2D eigenvalue weighted by Crippen LogP contribution is 2.42. The Hall–Kier alpha value is -1.87. The van der Waals surface area contributed by atoms with Crippen molar-refractivity contribution in [1.82, 2.24) is 19.2 Å². The molecule has 1 amide bonds. The predicted molar refractivity (Wildman–Crippen MR) is 108 cm³/mol. The lowest BCUT2D eigenvalue weighted by Crippen LogP contribution is -2.27. The molecule has 0 saturated carbocycles. The number of carbonyl (C=O) groups excluding carboxylic acids is 1. The number of amides is 1. The largest absolute Gasteiger partial charge is 0.369 e. The molecular weight excluding hydrogens is 382 g/mol. The molecule has 27 heavy (non-hydrogen) atoms. The molecule has 2 N–H and O–H groups in total. The van der Waals surface area contributed by atoms with Crippen molar-refractivity contribution in [3.05, 3.63) is 20.8 Å². The average molecular weight is 406 g/mol. The van der Waals surface area contributed by atoms with Gasteiger partial charge in [-0.3, -0.25) is 14.2 Å². The Morgan fingerprint density at radius 1 is 1.37 bits per heavy atom. The second-order valence-corrected chi connectivity index (χ2v) is 10.3. The normalized spacial score (nSPS) is 17.6. The Morgan fingerprint density at radius 2 is 2.11 bits per heavy atom. The molecule has 1 aliphatic rings. The monoisotopic (exact) mass is 405 g/mol. The highest BCUT2D eigenvalue weighted by Gasteiger charge is 2.32. The molecule has 3 heterocycles. The predicted octanol–water partition coefficient (Wildman–Crippen LogP) is 2.37. The van der Waals surface area contributed by atoms with E-state index in [2.05, 4.69) is 31.0 Å². The zero-order valence-corrected chi connectivity index (χ0v) is 17.5. The average Bonchev–Trinajstić information content (AvgIpc) is 3.17. The molecule has 0 unspecified atom stereocenters. The summed E-state index contributed by atoms with van der Waals surface area (Å²) in [4.78, 5) is 26.4. The minimum atomic E-state index is -0.406. The van der Waals surface area contributed by atoms with Gasteiger partial charge in [-0.1, -0.05) is 32.5 Å². The van der Waals surface area contributed by atoms with Crippen molar-refractivity contribution in [1.29, 1.82) is 0 Å². The van der Waals surface area contributed by atoms with Gasteiger partial charge in [-0.15, -0.1) is 21.5 Å². The molecular formula is C18H23N5O2S2. The van der Waals surface area contributed by atoms with Gasteiger partial charge in [0.2, 0.25) is 11.7 Å². The van der Waals surface area contributed by atoms with Crippen molar-refractivity contribution < 1.29 is 4.79 Å². The summed E-state index contributed by atoms with van der Waals surface area (Å²) < 4.78 is 3.45. The van der Waals surface area contributed by atoms with Gasteiger partial charge >= 0.3 is 0 Å². The maximum Gasteiger partial charge on any atom is 0.263 e. The van der Waals surface area contributed by atoms with Crippen molar-refractivity contribution in [3.63, 3.8) is 0 Å². The first-order chi connectivity index (χ1) is 12.7. The van der Waals surface area contributed by atoms with E-state index in [1.54, 1.807) is 23.0 Å². The topological polar surface area (TPSA) is 95.3 Å². The second-order valence-electron chi connectivity index (χ2n) is 8.23. The van der Waals surface area contributed by atoms with Crippen molar-refractivity contribution in [3.8, 4) is 0 Å². The Morgan fingerprint density at radius 3 is 2.78 bits per heavy atom. The van der Waals surface area contributed by atoms with Crippen molar-refractivity contribution >= 4 is 45.0 Å². The molecule has 0 aliphatic heterocycles. The van der Waals surface area contributed by atoms with Gasteiger partial charge in [0.25, 0.3) is 5.56 Å². The fourth-order valence-corrected chi connectivity index (χ4v) is 5.98. The van der Waals surface area contributed by atoms with Gasteiger partial charge in [0.1, 0.15) is 4.83 Å². The van der Waals surface area contributed by atoms with Gasteiger partial charge in [0, 0.05) is 11.9 Å². The third kappa shape index (κ3) is 2.97. The quantitative estimate of drug-likeness (QED) is 0.675. The van der Waals surface area contributed by atoms with E-state index in [1.807, 2.05) is 4.40 Å². The van der Waals surface area contributed by atoms with Crippen molar-refractivity contribution in [2.24, 2.45) is 24.1 Å². The number of thioether (sulfide) groups is 1.